The molecule has 4 nitrogen and oxygen atoms in total. The Morgan fingerprint density at radius 2 is 1.91 bits per heavy atom. The smallest absolute Gasteiger partial charge is 0.220 e. The zero-order valence-corrected chi connectivity index (χ0v) is 14.4. The van der Waals surface area contributed by atoms with Gasteiger partial charge in [-0.3, -0.25) is 4.79 Å². The molecule has 0 bridgehead atoms. The minimum atomic E-state index is -0.650. The highest BCUT2D eigenvalue weighted by atomic mass is 35.5. The van der Waals surface area contributed by atoms with Crippen molar-refractivity contribution in [1.82, 2.24) is 10.6 Å². The first-order valence-electron chi connectivity index (χ1n) is 7.62. The molecule has 5 heteroatoms. The van der Waals surface area contributed by atoms with Gasteiger partial charge in [-0.15, -0.1) is 12.4 Å². The quantitative estimate of drug-likeness (QED) is 0.777. The van der Waals surface area contributed by atoms with Crippen LogP contribution >= 0.6 is 12.4 Å². The topological polar surface area (TPSA) is 61.4 Å². The highest BCUT2D eigenvalue weighted by molar-refractivity contribution is 5.85. The largest absolute Gasteiger partial charge is 0.387 e. The zero-order chi connectivity index (χ0) is 15.5. The van der Waals surface area contributed by atoms with Crippen molar-refractivity contribution in [2.45, 2.75) is 38.7 Å². The van der Waals surface area contributed by atoms with E-state index in [4.69, 9.17) is 0 Å². The Bertz CT molecular complexity index is 478. The predicted octanol–water partition coefficient (Wildman–Crippen LogP) is 2.17. The van der Waals surface area contributed by atoms with Gasteiger partial charge >= 0.3 is 0 Å². The number of aliphatic hydroxyl groups is 1. The molecule has 0 aliphatic carbocycles. The van der Waals surface area contributed by atoms with Crippen molar-refractivity contribution in [3.8, 4) is 0 Å². The summed E-state index contributed by atoms with van der Waals surface area (Å²) in [7, 11) is 0. The van der Waals surface area contributed by atoms with Crippen LogP contribution in [-0.4, -0.2) is 30.6 Å². The maximum absolute atomic E-state index is 11.7. The SMILES string of the molecule is CC(C)(C)c1ccc(C(O)CNC(=O)CC2CNC2)cc1.Cl. The molecule has 0 saturated carbocycles. The Morgan fingerprint density at radius 3 is 2.36 bits per heavy atom. The summed E-state index contributed by atoms with van der Waals surface area (Å²) >= 11 is 0. The fourth-order valence-corrected chi connectivity index (χ4v) is 2.36. The summed E-state index contributed by atoms with van der Waals surface area (Å²) in [5.41, 5.74) is 2.18. The molecule has 3 N–H and O–H groups in total. The summed E-state index contributed by atoms with van der Waals surface area (Å²) < 4.78 is 0. The third-order valence-electron chi connectivity index (χ3n) is 3.99. The van der Waals surface area contributed by atoms with E-state index in [1.165, 1.54) is 5.56 Å². The lowest BCUT2D eigenvalue weighted by Crippen LogP contribution is -2.44. The molecular formula is C17H27ClN2O2. The van der Waals surface area contributed by atoms with Crippen LogP contribution in [0.2, 0.25) is 0 Å². The zero-order valence-electron chi connectivity index (χ0n) is 13.6. The van der Waals surface area contributed by atoms with Crippen molar-refractivity contribution in [1.29, 1.82) is 0 Å². The van der Waals surface area contributed by atoms with E-state index in [0.29, 0.717) is 12.3 Å². The molecule has 1 fully saturated rings. The minimum absolute atomic E-state index is 0. The fraction of sp³-hybridized carbons (Fsp3) is 0.588. The van der Waals surface area contributed by atoms with Crippen LogP contribution in [0.3, 0.4) is 0 Å². The Labute approximate surface area is 139 Å². The monoisotopic (exact) mass is 326 g/mol. The molecule has 1 heterocycles. The van der Waals surface area contributed by atoms with E-state index >= 15 is 0 Å². The lowest BCUT2D eigenvalue weighted by Gasteiger charge is -2.26. The second-order valence-electron chi connectivity index (χ2n) is 6.92. The van der Waals surface area contributed by atoms with E-state index in [0.717, 1.165) is 18.7 Å². The van der Waals surface area contributed by atoms with Gasteiger partial charge in [0.1, 0.15) is 0 Å². The fourth-order valence-electron chi connectivity index (χ4n) is 2.36. The highest BCUT2D eigenvalue weighted by Crippen LogP contribution is 2.23. The number of hydrogen-bond acceptors (Lipinski definition) is 3. The summed E-state index contributed by atoms with van der Waals surface area (Å²) in [6, 6.07) is 7.96. The van der Waals surface area contributed by atoms with Crippen LogP contribution in [-0.2, 0) is 10.2 Å². The number of rotatable bonds is 5. The predicted molar refractivity (Wildman–Crippen MR) is 91.3 cm³/mol. The van der Waals surface area contributed by atoms with Crippen LogP contribution in [0.4, 0.5) is 0 Å². The molecule has 1 saturated heterocycles. The van der Waals surface area contributed by atoms with Crippen LogP contribution in [0.5, 0.6) is 0 Å². The third kappa shape index (κ3) is 5.27. The number of halogens is 1. The molecule has 1 amide bonds. The van der Waals surface area contributed by atoms with Crippen molar-refractivity contribution in [2.24, 2.45) is 5.92 Å². The van der Waals surface area contributed by atoms with Crippen LogP contribution in [0.15, 0.2) is 24.3 Å². The third-order valence-corrected chi connectivity index (χ3v) is 3.99. The highest BCUT2D eigenvalue weighted by Gasteiger charge is 2.20. The van der Waals surface area contributed by atoms with E-state index in [1.54, 1.807) is 0 Å². The average Bonchev–Trinajstić information content (AvgIpc) is 2.39. The molecule has 0 radical (unpaired) electrons. The normalized spacial score (nSPS) is 16.4. The molecule has 1 atom stereocenters. The maximum atomic E-state index is 11.7. The van der Waals surface area contributed by atoms with Crippen molar-refractivity contribution in [3.05, 3.63) is 35.4 Å². The van der Waals surface area contributed by atoms with Gasteiger partial charge in [-0.05, 0) is 35.5 Å². The van der Waals surface area contributed by atoms with Gasteiger partial charge in [-0.25, -0.2) is 0 Å². The number of benzene rings is 1. The number of nitrogens with one attached hydrogen (secondary N) is 2. The number of carbonyl (C=O) groups excluding carboxylic acids is 1. The Balaban J connectivity index is 0.00000242. The van der Waals surface area contributed by atoms with Crippen molar-refractivity contribution < 1.29 is 9.90 Å². The molecule has 1 aliphatic heterocycles. The number of amides is 1. The minimum Gasteiger partial charge on any atom is -0.387 e. The molecule has 22 heavy (non-hydrogen) atoms. The lowest BCUT2D eigenvalue weighted by molar-refractivity contribution is -0.122. The number of hydrogen-bond donors (Lipinski definition) is 3. The van der Waals surface area contributed by atoms with Crippen LogP contribution in [0.25, 0.3) is 0 Å². The first kappa shape index (κ1) is 18.9. The standard InChI is InChI=1S/C17H26N2O2.ClH/c1-17(2,3)14-6-4-13(5-7-14)15(20)11-19-16(21)8-12-9-18-10-12;/h4-7,12,15,18,20H,8-11H2,1-3H3,(H,19,21);1H. The van der Waals surface area contributed by atoms with Crippen molar-refractivity contribution in [2.75, 3.05) is 19.6 Å². The maximum Gasteiger partial charge on any atom is 0.220 e. The van der Waals surface area contributed by atoms with E-state index in [9.17, 15) is 9.90 Å². The molecule has 1 unspecified atom stereocenters. The summed E-state index contributed by atoms with van der Waals surface area (Å²) in [5, 5.41) is 16.1. The molecule has 0 spiro atoms. The molecule has 1 aromatic carbocycles. The molecule has 1 aromatic rings. The van der Waals surface area contributed by atoms with Crippen molar-refractivity contribution in [3.63, 3.8) is 0 Å². The first-order valence-corrected chi connectivity index (χ1v) is 7.62. The Morgan fingerprint density at radius 1 is 1.32 bits per heavy atom. The summed E-state index contributed by atoms with van der Waals surface area (Å²) in [4.78, 5) is 11.7. The van der Waals surface area contributed by atoms with Crippen molar-refractivity contribution >= 4 is 18.3 Å². The second kappa shape index (κ2) is 7.95. The van der Waals surface area contributed by atoms with Gasteiger partial charge in [-0.1, -0.05) is 45.0 Å². The van der Waals surface area contributed by atoms with Crippen LogP contribution in [0.1, 0.15) is 44.4 Å². The Kier molecular flexibility index (Phi) is 6.85. The molecular weight excluding hydrogens is 300 g/mol. The van der Waals surface area contributed by atoms with Gasteiger partial charge in [0, 0.05) is 13.0 Å². The summed E-state index contributed by atoms with van der Waals surface area (Å²) in [6.07, 6.45) is -0.106. The van der Waals surface area contributed by atoms with Crippen LogP contribution in [0, 0.1) is 5.92 Å². The first-order chi connectivity index (χ1) is 9.86. The van der Waals surface area contributed by atoms with E-state index in [-0.39, 0.29) is 30.3 Å². The van der Waals surface area contributed by atoms with Gasteiger partial charge in [0.05, 0.1) is 6.10 Å². The van der Waals surface area contributed by atoms with Gasteiger partial charge in [0.2, 0.25) is 5.91 Å². The molecule has 1 aliphatic rings. The van der Waals surface area contributed by atoms with Gasteiger partial charge < -0.3 is 15.7 Å². The summed E-state index contributed by atoms with van der Waals surface area (Å²) in [5.74, 6) is 0.472. The average molecular weight is 327 g/mol. The number of aliphatic hydroxyl groups excluding tert-OH is 1. The molecule has 2 rings (SSSR count). The van der Waals surface area contributed by atoms with Gasteiger partial charge in [-0.2, -0.15) is 0 Å². The Hall–Kier alpha value is -1.10. The van der Waals surface area contributed by atoms with Crippen LogP contribution < -0.4 is 10.6 Å². The summed E-state index contributed by atoms with van der Waals surface area (Å²) in [6.45, 7) is 8.60. The van der Waals surface area contributed by atoms with Gasteiger partial charge in [0.25, 0.3) is 0 Å². The van der Waals surface area contributed by atoms with Gasteiger partial charge in [0.15, 0.2) is 0 Å². The lowest BCUT2D eigenvalue weighted by atomic mass is 9.86. The molecule has 124 valence electrons. The molecule has 0 aromatic heterocycles. The van der Waals surface area contributed by atoms with E-state index < -0.39 is 6.10 Å². The second-order valence-corrected chi connectivity index (χ2v) is 6.92. The number of carbonyl (C=O) groups is 1. The van der Waals surface area contributed by atoms with E-state index in [2.05, 4.69) is 31.4 Å². The van der Waals surface area contributed by atoms with E-state index in [1.807, 2.05) is 24.3 Å².